The van der Waals surface area contributed by atoms with Gasteiger partial charge in [0, 0.05) is 32.7 Å². The Morgan fingerprint density at radius 1 is 0.414 bits per heavy atom. The van der Waals surface area contributed by atoms with Crippen LogP contribution in [0, 0.1) is 34.0 Å². The van der Waals surface area contributed by atoms with E-state index in [2.05, 4.69) is 18.2 Å². The number of halogens is 6. The minimum Gasteiger partial charge on any atom is -0.309 e. The van der Waals surface area contributed by atoms with E-state index in [-0.39, 0.29) is 22.8 Å². The first-order chi connectivity index (χ1) is 27.9. The lowest BCUT2D eigenvalue weighted by molar-refractivity contribution is -0.143. The van der Waals surface area contributed by atoms with E-state index >= 15 is 0 Å². The maximum Gasteiger partial charge on any atom is 0.416 e. The smallest absolute Gasteiger partial charge is 0.309 e. The first kappa shape index (κ1) is 35.9. The molecule has 0 spiro atoms. The summed E-state index contributed by atoms with van der Waals surface area (Å²) in [5.41, 5.74) is 2.30. The quantitative estimate of drug-likeness (QED) is 0.167. The Bertz CT molecular complexity index is 3280. The molecule has 7 aromatic carbocycles. The van der Waals surface area contributed by atoms with Crippen molar-refractivity contribution < 1.29 is 26.3 Å². The van der Waals surface area contributed by atoms with Crippen molar-refractivity contribution in [3.05, 3.63) is 167 Å². The van der Waals surface area contributed by atoms with E-state index in [0.717, 1.165) is 27.1 Å². The van der Waals surface area contributed by atoms with Crippen LogP contribution in [0.5, 0.6) is 0 Å². The lowest BCUT2D eigenvalue weighted by atomic mass is 9.91. The van der Waals surface area contributed by atoms with Gasteiger partial charge in [-0.1, -0.05) is 48.5 Å². The largest absolute Gasteiger partial charge is 0.416 e. The topological polar surface area (TPSA) is 81.2 Å². The third kappa shape index (κ3) is 5.70. The van der Waals surface area contributed by atoms with Gasteiger partial charge in [0.25, 0.3) is 0 Å². The summed E-state index contributed by atoms with van der Waals surface area (Å²) in [6.07, 6.45) is -10.2. The Morgan fingerprint density at radius 3 is 1.45 bits per heavy atom. The van der Waals surface area contributed by atoms with E-state index in [0.29, 0.717) is 62.3 Å². The molecule has 9 aromatic rings. The molecule has 0 bridgehead atoms. The fourth-order valence-electron chi connectivity index (χ4n) is 7.94. The molecule has 2 aromatic heterocycles. The number of fused-ring (bicyclic) bond motifs is 6. The van der Waals surface area contributed by atoms with E-state index in [9.17, 15) is 42.1 Å². The molecule has 11 heteroatoms. The Kier molecular flexibility index (Phi) is 8.13. The van der Waals surface area contributed by atoms with Crippen molar-refractivity contribution in [1.82, 2.24) is 9.13 Å². The second kappa shape index (κ2) is 13.2. The molecular weight excluding hydrogens is 749 g/mol. The Morgan fingerprint density at radius 2 is 0.931 bits per heavy atom. The molecule has 2 heterocycles. The summed E-state index contributed by atoms with van der Waals surface area (Å²) in [7, 11) is 0. The van der Waals surface area contributed by atoms with Gasteiger partial charge in [0.05, 0.1) is 79.5 Å². The predicted octanol–water partition coefficient (Wildman–Crippen LogP) is 12.9. The lowest BCUT2D eigenvalue weighted by Gasteiger charge is -2.21. The number of rotatable bonds is 4. The van der Waals surface area contributed by atoms with E-state index in [4.69, 9.17) is 0 Å². The van der Waals surface area contributed by atoms with Crippen LogP contribution < -0.4 is 0 Å². The molecule has 278 valence electrons. The van der Waals surface area contributed by atoms with Crippen molar-refractivity contribution in [1.29, 1.82) is 15.8 Å². The zero-order valence-electron chi connectivity index (χ0n) is 29.8. The number of aromatic nitrogens is 2. The van der Waals surface area contributed by atoms with E-state index < -0.39 is 23.5 Å². The molecule has 0 unspecified atom stereocenters. The summed E-state index contributed by atoms with van der Waals surface area (Å²) in [6, 6.07) is 43.3. The molecule has 0 radical (unpaired) electrons. The molecule has 9 rings (SSSR count). The average molecular weight is 772 g/mol. The summed E-state index contributed by atoms with van der Waals surface area (Å²) in [6.45, 7) is 0. The molecular formula is C47H23F6N5. The van der Waals surface area contributed by atoms with Crippen LogP contribution >= 0.6 is 0 Å². The molecule has 0 aliphatic carbocycles. The van der Waals surface area contributed by atoms with Gasteiger partial charge in [-0.15, -0.1) is 0 Å². The number of nitrogens with zero attached hydrogens (tertiary/aromatic N) is 5. The van der Waals surface area contributed by atoms with Gasteiger partial charge in [-0.2, -0.15) is 42.1 Å². The summed E-state index contributed by atoms with van der Waals surface area (Å²) >= 11 is 0. The van der Waals surface area contributed by atoms with Crippen LogP contribution in [-0.4, -0.2) is 9.13 Å². The van der Waals surface area contributed by atoms with E-state index in [1.807, 2.05) is 57.7 Å². The maximum absolute atomic E-state index is 14.2. The lowest BCUT2D eigenvalue weighted by Crippen LogP contribution is -2.11. The van der Waals surface area contributed by atoms with E-state index in [1.54, 1.807) is 60.7 Å². The van der Waals surface area contributed by atoms with Gasteiger partial charge in [-0.25, -0.2) is 0 Å². The minimum atomic E-state index is -5.08. The highest BCUT2D eigenvalue weighted by Gasteiger charge is 2.37. The van der Waals surface area contributed by atoms with E-state index in [1.165, 1.54) is 12.1 Å². The Hall–Kier alpha value is -7.81. The molecule has 58 heavy (non-hydrogen) atoms. The molecule has 0 aliphatic heterocycles. The second-order valence-electron chi connectivity index (χ2n) is 13.7. The molecule has 0 saturated carbocycles. The summed E-state index contributed by atoms with van der Waals surface area (Å²) in [5, 5.41) is 33.4. The van der Waals surface area contributed by atoms with Crippen LogP contribution in [0.1, 0.15) is 27.8 Å². The van der Waals surface area contributed by atoms with Gasteiger partial charge in [-0.05, 0) is 102 Å². The fourth-order valence-corrected chi connectivity index (χ4v) is 7.94. The standard InChI is InChI=1S/C47H23F6N5/c48-46(49,50)32-20-31(21-33(23-32)47(51,52)53)29-14-17-43(57-39-9-3-1-7-34(39)36-18-27(24-54)12-15-41(36)57)38(22-29)45-30(26-56)6-5-11-44(45)58-40-10-4-2-8-35(40)37-19-28(25-55)13-16-42(37)58/h1-23H. The van der Waals surface area contributed by atoms with Crippen molar-refractivity contribution in [2.24, 2.45) is 0 Å². The van der Waals surface area contributed by atoms with Crippen LogP contribution in [-0.2, 0) is 12.4 Å². The normalized spacial score (nSPS) is 11.9. The van der Waals surface area contributed by atoms with Gasteiger partial charge in [0.1, 0.15) is 0 Å². The van der Waals surface area contributed by atoms with Crippen LogP contribution in [0.25, 0.3) is 77.2 Å². The van der Waals surface area contributed by atoms with Crippen molar-refractivity contribution in [3.63, 3.8) is 0 Å². The molecule has 0 saturated heterocycles. The van der Waals surface area contributed by atoms with Gasteiger partial charge in [0.15, 0.2) is 0 Å². The van der Waals surface area contributed by atoms with Crippen molar-refractivity contribution in [2.45, 2.75) is 12.4 Å². The highest BCUT2D eigenvalue weighted by Crippen LogP contribution is 2.45. The second-order valence-corrected chi connectivity index (χ2v) is 13.7. The number of hydrogen-bond acceptors (Lipinski definition) is 3. The summed E-state index contributed by atoms with van der Waals surface area (Å²) < 4.78 is 88.8. The number of alkyl halides is 6. The third-order valence-electron chi connectivity index (χ3n) is 10.4. The number of hydrogen-bond donors (Lipinski definition) is 0. The van der Waals surface area contributed by atoms with Crippen LogP contribution in [0.15, 0.2) is 140 Å². The molecule has 0 atom stereocenters. The zero-order valence-corrected chi connectivity index (χ0v) is 29.8. The van der Waals surface area contributed by atoms with Gasteiger partial charge in [0.2, 0.25) is 0 Å². The average Bonchev–Trinajstić information content (AvgIpc) is 3.74. The predicted molar refractivity (Wildman–Crippen MR) is 210 cm³/mol. The molecule has 5 nitrogen and oxygen atoms in total. The van der Waals surface area contributed by atoms with Crippen LogP contribution in [0.4, 0.5) is 26.3 Å². The molecule has 0 aliphatic rings. The monoisotopic (exact) mass is 771 g/mol. The van der Waals surface area contributed by atoms with Crippen LogP contribution in [0.3, 0.4) is 0 Å². The zero-order chi connectivity index (χ0) is 40.5. The summed E-state index contributed by atoms with van der Waals surface area (Å²) in [5.74, 6) is 0. The van der Waals surface area contributed by atoms with Crippen molar-refractivity contribution in [3.8, 4) is 51.8 Å². The van der Waals surface area contributed by atoms with Gasteiger partial charge >= 0.3 is 12.4 Å². The fraction of sp³-hybridized carbons (Fsp3) is 0.0426. The first-order valence-electron chi connectivity index (χ1n) is 17.7. The number of benzene rings is 7. The van der Waals surface area contributed by atoms with Gasteiger partial charge < -0.3 is 9.13 Å². The molecule has 0 amide bonds. The number of nitriles is 3. The third-order valence-corrected chi connectivity index (χ3v) is 10.4. The highest BCUT2D eigenvalue weighted by atomic mass is 19.4. The van der Waals surface area contributed by atoms with Gasteiger partial charge in [-0.3, -0.25) is 0 Å². The maximum atomic E-state index is 14.2. The van der Waals surface area contributed by atoms with Crippen LogP contribution in [0.2, 0.25) is 0 Å². The molecule has 0 fully saturated rings. The first-order valence-corrected chi connectivity index (χ1v) is 17.7. The van der Waals surface area contributed by atoms with Crippen molar-refractivity contribution >= 4 is 43.6 Å². The van der Waals surface area contributed by atoms with Crippen molar-refractivity contribution in [2.75, 3.05) is 0 Å². The highest BCUT2D eigenvalue weighted by molar-refractivity contribution is 6.12. The number of para-hydroxylation sites is 2. The Balaban J connectivity index is 1.44. The minimum absolute atomic E-state index is 0.0439. The molecule has 0 N–H and O–H groups in total. The Labute approximate surface area is 325 Å². The SMILES string of the molecule is N#Cc1ccc2c(c1)c1ccccc1n2-c1ccc(-c2cc(C(F)(F)F)cc(C(F)(F)F)c2)cc1-c1c(C#N)cccc1-n1c2ccccc2c2cc(C#N)ccc21. The summed E-state index contributed by atoms with van der Waals surface area (Å²) in [4.78, 5) is 0.